The molecule has 0 amide bonds. The number of carbonyl (C=O) groups excluding carboxylic acids is 1. The molecular formula is C28H33N5O8. The molecule has 0 aliphatic heterocycles. The highest BCUT2D eigenvalue weighted by Crippen LogP contribution is 2.32. The molecule has 0 saturated carbocycles. The second-order valence-electron chi connectivity index (χ2n) is 10.1. The minimum absolute atomic E-state index is 0.0651. The largest absolute Gasteiger partial charge is 0.497 e. The minimum Gasteiger partial charge on any atom is -0.497 e. The highest BCUT2D eigenvalue weighted by atomic mass is 16.6. The number of hydrogen-bond acceptors (Lipinski definition) is 9. The number of non-ortho nitro benzene ring substituents is 1. The average molecular weight is 568 g/mol. The zero-order valence-electron chi connectivity index (χ0n) is 23.5. The third-order valence-corrected chi connectivity index (χ3v) is 5.80. The van der Waals surface area contributed by atoms with Gasteiger partial charge in [0.1, 0.15) is 23.6 Å². The van der Waals surface area contributed by atoms with Crippen LogP contribution in [0.4, 0.5) is 5.69 Å². The zero-order valence-corrected chi connectivity index (χ0v) is 23.5. The van der Waals surface area contributed by atoms with E-state index in [1.165, 1.54) is 23.8 Å². The van der Waals surface area contributed by atoms with Crippen LogP contribution in [0.3, 0.4) is 0 Å². The number of nitro benzene ring substituents is 1. The SMILES string of the molecule is CC(=O)O.COc1ccc2c(c1)nc(-c1cn(CCCN)c3cc([N+](=O)[O-])ccc13)c(=O)n2CC(=O)OC(C)(C)C. The molecule has 41 heavy (non-hydrogen) atoms. The van der Waals surface area contributed by atoms with Gasteiger partial charge in [-0.1, -0.05) is 0 Å². The minimum atomic E-state index is -0.833. The maximum absolute atomic E-state index is 13.8. The molecule has 0 aliphatic carbocycles. The van der Waals surface area contributed by atoms with Gasteiger partial charge < -0.3 is 24.9 Å². The van der Waals surface area contributed by atoms with Crippen molar-refractivity contribution in [2.24, 2.45) is 5.73 Å². The summed E-state index contributed by atoms with van der Waals surface area (Å²) in [6.45, 7) is 6.96. The molecule has 0 aliphatic rings. The molecule has 0 radical (unpaired) electrons. The van der Waals surface area contributed by atoms with E-state index in [1.807, 2.05) is 4.57 Å². The molecule has 0 bridgehead atoms. The Kier molecular flexibility index (Phi) is 9.45. The molecule has 13 heteroatoms. The molecule has 3 N–H and O–H groups in total. The average Bonchev–Trinajstić information content (AvgIpc) is 3.24. The van der Waals surface area contributed by atoms with Gasteiger partial charge in [-0.2, -0.15) is 0 Å². The molecule has 218 valence electrons. The van der Waals surface area contributed by atoms with Gasteiger partial charge in [-0.15, -0.1) is 0 Å². The number of aryl methyl sites for hydroxylation is 1. The number of hydrogen-bond donors (Lipinski definition) is 2. The van der Waals surface area contributed by atoms with E-state index in [1.54, 1.807) is 51.2 Å². The van der Waals surface area contributed by atoms with Crippen LogP contribution in [-0.2, 0) is 27.4 Å². The van der Waals surface area contributed by atoms with Crippen LogP contribution in [0.2, 0.25) is 0 Å². The fraction of sp³-hybridized carbons (Fsp3) is 0.357. The summed E-state index contributed by atoms with van der Waals surface area (Å²) < 4.78 is 14.0. The lowest BCUT2D eigenvalue weighted by Gasteiger charge is -2.20. The molecule has 4 rings (SSSR count). The smallest absolute Gasteiger partial charge is 0.326 e. The molecule has 2 aromatic heterocycles. The summed E-state index contributed by atoms with van der Waals surface area (Å²) in [4.78, 5) is 51.1. The molecular weight excluding hydrogens is 534 g/mol. The number of carboxylic acids is 1. The van der Waals surface area contributed by atoms with Gasteiger partial charge in [0.15, 0.2) is 0 Å². The molecule has 13 nitrogen and oxygen atoms in total. The zero-order chi connectivity index (χ0) is 30.5. The molecule has 2 aromatic carbocycles. The highest BCUT2D eigenvalue weighted by Gasteiger charge is 2.23. The van der Waals surface area contributed by atoms with Gasteiger partial charge >= 0.3 is 5.97 Å². The van der Waals surface area contributed by atoms with Crippen LogP contribution in [0.15, 0.2) is 47.4 Å². The molecule has 0 saturated heterocycles. The summed E-state index contributed by atoms with van der Waals surface area (Å²) in [5.41, 5.74) is 6.51. The Morgan fingerprint density at radius 2 is 1.83 bits per heavy atom. The Morgan fingerprint density at radius 1 is 1.15 bits per heavy atom. The van der Waals surface area contributed by atoms with Crippen molar-refractivity contribution in [2.45, 2.75) is 52.8 Å². The van der Waals surface area contributed by atoms with Crippen molar-refractivity contribution in [3.05, 3.63) is 63.1 Å². The number of nitrogens with two attached hydrogens (primary N) is 1. The first kappa shape index (κ1) is 30.8. The summed E-state index contributed by atoms with van der Waals surface area (Å²) in [6, 6.07) is 9.51. The number of methoxy groups -OCH3 is 1. The van der Waals surface area contributed by atoms with Gasteiger partial charge in [-0.3, -0.25) is 29.1 Å². The predicted molar refractivity (Wildman–Crippen MR) is 153 cm³/mol. The van der Waals surface area contributed by atoms with E-state index in [-0.39, 0.29) is 17.9 Å². The first-order valence-corrected chi connectivity index (χ1v) is 12.7. The number of esters is 1. The highest BCUT2D eigenvalue weighted by molar-refractivity contribution is 5.97. The van der Waals surface area contributed by atoms with Crippen LogP contribution in [-0.4, -0.2) is 55.3 Å². The number of fused-ring (bicyclic) bond motifs is 2. The third kappa shape index (κ3) is 7.45. The standard InChI is InChI=1S/C26H29N5O6.C2H4O2/c1-26(2,3)37-23(32)15-30-21-9-7-17(36-4)13-20(21)28-24(25(30)33)19-14-29(11-5-10-27)22-12-16(31(34)35)6-8-18(19)22;1-2(3)4/h6-9,12-14H,5,10-11,15,27H2,1-4H3;1H3,(H,3,4). The van der Waals surface area contributed by atoms with E-state index < -0.39 is 28.0 Å². The van der Waals surface area contributed by atoms with E-state index in [2.05, 4.69) is 4.98 Å². The van der Waals surface area contributed by atoms with Gasteiger partial charge in [0, 0.05) is 48.8 Å². The molecule has 4 aromatic rings. The molecule has 2 heterocycles. The lowest BCUT2D eigenvalue weighted by Crippen LogP contribution is -2.31. The van der Waals surface area contributed by atoms with Crippen LogP contribution < -0.4 is 16.0 Å². The Hall–Kier alpha value is -4.78. The summed E-state index contributed by atoms with van der Waals surface area (Å²) in [6.07, 6.45) is 2.38. The predicted octanol–water partition coefficient (Wildman–Crippen LogP) is 3.72. The lowest BCUT2D eigenvalue weighted by molar-refractivity contribution is -0.384. The van der Waals surface area contributed by atoms with Crippen LogP contribution in [0, 0.1) is 10.1 Å². The molecule has 0 atom stereocenters. The second-order valence-corrected chi connectivity index (χ2v) is 10.1. The van der Waals surface area contributed by atoms with Crippen molar-refractivity contribution < 1.29 is 29.1 Å². The van der Waals surface area contributed by atoms with Crippen molar-refractivity contribution in [3.63, 3.8) is 0 Å². The first-order valence-electron chi connectivity index (χ1n) is 12.7. The number of carbonyl (C=O) groups is 2. The van der Waals surface area contributed by atoms with E-state index in [4.69, 9.17) is 25.1 Å². The van der Waals surface area contributed by atoms with Crippen LogP contribution in [0.5, 0.6) is 5.75 Å². The quantitative estimate of drug-likeness (QED) is 0.181. The fourth-order valence-corrected chi connectivity index (χ4v) is 4.22. The van der Waals surface area contributed by atoms with Gasteiger partial charge in [-0.25, -0.2) is 4.98 Å². The number of rotatable bonds is 8. The number of carboxylic acid groups (broad SMARTS) is 1. The monoisotopic (exact) mass is 567 g/mol. The van der Waals surface area contributed by atoms with E-state index in [0.29, 0.717) is 52.8 Å². The number of aliphatic carboxylic acids is 1. The van der Waals surface area contributed by atoms with Crippen molar-refractivity contribution in [2.75, 3.05) is 13.7 Å². The van der Waals surface area contributed by atoms with Crippen molar-refractivity contribution >= 4 is 39.6 Å². The van der Waals surface area contributed by atoms with Gasteiger partial charge in [0.05, 0.1) is 28.6 Å². The molecule has 0 unspecified atom stereocenters. The van der Waals surface area contributed by atoms with Crippen molar-refractivity contribution in [1.29, 1.82) is 0 Å². The third-order valence-electron chi connectivity index (χ3n) is 5.80. The van der Waals surface area contributed by atoms with Gasteiger partial charge in [0.25, 0.3) is 17.2 Å². The van der Waals surface area contributed by atoms with Crippen LogP contribution in [0.25, 0.3) is 33.2 Å². The maximum Gasteiger partial charge on any atom is 0.326 e. The van der Waals surface area contributed by atoms with Gasteiger partial charge in [0.2, 0.25) is 0 Å². The molecule has 0 spiro atoms. The second kappa shape index (κ2) is 12.6. The lowest BCUT2D eigenvalue weighted by atomic mass is 10.1. The Morgan fingerprint density at radius 3 is 2.41 bits per heavy atom. The van der Waals surface area contributed by atoms with Crippen LogP contribution >= 0.6 is 0 Å². The molecule has 0 fully saturated rings. The van der Waals surface area contributed by atoms with E-state index in [9.17, 15) is 19.7 Å². The van der Waals surface area contributed by atoms with Crippen molar-refractivity contribution in [3.8, 4) is 17.0 Å². The first-order chi connectivity index (χ1) is 19.2. The number of aromatic nitrogens is 3. The fourth-order valence-electron chi connectivity index (χ4n) is 4.22. The number of nitrogens with zero attached hydrogens (tertiary/aromatic N) is 4. The van der Waals surface area contributed by atoms with Crippen molar-refractivity contribution in [1.82, 2.24) is 14.1 Å². The van der Waals surface area contributed by atoms with E-state index >= 15 is 0 Å². The Labute approximate surface area is 235 Å². The summed E-state index contributed by atoms with van der Waals surface area (Å²) in [5.74, 6) is -0.862. The summed E-state index contributed by atoms with van der Waals surface area (Å²) in [7, 11) is 1.52. The topological polar surface area (TPSA) is 182 Å². The maximum atomic E-state index is 13.8. The normalized spacial score (nSPS) is 11.2. The van der Waals surface area contributed by atoms with Crippen LogP contribution in [0.1, 0.15) is 34.1 Å². The number of ether oxygens (including phenoxy) is 2. The summed E-state index contributed by atoms with van der Waals surface area (Å²) >= 11 is 0. The van der Waals surface area contributed by atoms with E-state index in [0.717, 1.165) is 6.92 Å². The van der Waals surface area contributed by atoms with Gasteiger partial charge in [-0.05, 0) is 51.9 Å². The number of benzene rings is 2. The number of nitro groups is 1. The Bertz CT molecular complexity index is 1660. The Balaban J connectivity index is 0.00000108. The summed E-state index contributed by atoms with van der Waals surface area (Å²) in [5, 5.41) is 19.4.